The smallest absolute Gasteiger partial charge is 0.243 e. The molecule has 34 heavy (non-hydrogen) atoms. The fraction of sp³-hybridized carbons (Fsp3) is 0.231. The lowest BCUT2D eigenvalue weighted by atomic mass is 9.97. The van der Waals surface area contributed by atoms with Crippen molar-refractivity contribution in [3.63, 3.8) is 0 Å². The molecule has 0 atom stereocenters. The second-order valence-corrected chi connectivity index (χ2v) is 10.5. The van der Waals surface area contributed by atoms with E-state index in [1.165, 1.54) is 4.31 Å². The van der Waals surface area contributed by atoms with Gasteiger partial charge in [0.25, 0.3) is 0 Å². The molecule has 2 N–H and O–H groups in total. The standard InChI is InChI=1S/C26H26N4O3S/c31-26(27-18-19-7-3-1-4-8-19)21-13-15-30(16-14-21)34(32,33)22-11-12-23-24(17-22)29-25(28-23)20-9-5-2-6-10-20/h1-12,17,21H,13-16,18H2,(H,27,31)(H,28,29). The first-order valence-electron chi connectivity index (χ1n) is 11.4. The van der Waals surface area contributed by atoms with Gasteiger partial charge in [0.2, 0.25) is 15.9 Å². The number of nitrogens with zero attached hydrogens (tertiary/aromatic N) is 2. The summed E-state index contributed by atoms with van der Waals surface area (Å²) in [6.45, 7) is 1.12. The van der Waals surface area contributed by atoms with Crippen molar-refractivity contribution in [3.05, 3.63) is 84.4 Å². The summed E-state index contributed by atoms with van der Waals surface area (Å²) in [5.41, 5.74) is 3.37. The van der Waals surface area contributed by atoms with Gasteiger partial charge in [0, 0.05) is 31.1 Å². The highest BCUT2D eigenvalue weighted by Crippen LogP contribution is 2.27. The molecule has 0 spiro atoms. The van der Waals surface area contributed by atoms with E-state index >= 15 is 0 Å². The van der Waals surface area contributed by atoms with Crippen LogP contribution >= 0.6 is 0 Å². The van der Waals surface area contributed by atoms with Crippen molar-refractivity contribution >= 4 is 27.0 Å². The molecule has 0 saturated carbocycles. The van der Waals surface area contributed by atoms with Gasteiger partial charge in [0.05, 0.1) is 15.9 Å². The summed E-state index contributed by atoms with van der Waals surface area (Å²) in [6.07, 6.45) is 1.01. The number of benzene rings is 3. The van der Waals surface area contributed by atoms with E-state index in [1.807, 2.05) is 60.7 Å². The largest absolute Gasteiger partial charge is 0.352 e. The lowest BCUT2D eigenvalue weighted by Gasteiger charge is -2.30. The Morgan fingerprint density at radius 1 is 0.971 bits per heavy atom. The van der Waals surface area contributed by atoms with Gasteiger partial charge in [0.1, 0.15) is 5.82 Å². The van der Waals surface area contributed by atoms with Crippen molar-refractivity contribution in [2.24, 2.45) is 5.92 Å². The molecule has 4 aromatic rings. The van der Waals surface area contributed by atoms with Crippen LogP contribution in [0.2, 0.25) is 0 Å². The molecule has 3 aromatic carbocycles. The number of nitrogens with one attached hydrogen (secondary N) is 2. The van der Waals surface area contributed by atoms with Crippen LogP contribution in [0.15, 0.2) is 83.8 Å². The van der Waals surface area contributed by atoms with Crippen LogP contribution in [-0.2, 0) is 21.4 Å². The number of hydrogen-bond donors (Lipinski definition) is 2. The molecule has 5 rings (SSSR count). The number of imidazole rings is 1. The van der Waals surface area contributed by atoms with Crippen molar-refractivity contribution < 1.29 is 13.2 Å². The van der Waals surface area contributed by atoms with Gasteiger partial charge < -0.3 is 10.3 Å². The van der Waals surface area contributed by atoms with Gasteiger partial charge in [-0.05, 0) is 36.6 Å². The van der Waals surface area contributed by atoms with E-state index in [4.69, 9.17) is 0 Å². The lowest BCUT2D eigenvalue weighted by Crippen LogP contribution is -2.42. The highest BCUT2D eigenvalue weighted by atomic mass is 32.2. The number of carbonyl (C=O) groups excluding carboxylic acids is 1. The highest BCUT2D eigenvalue weighted by molar-refractivity contribution is 7.89. The van der Waals surface area contributed by atoms with Crippen molar-refractivity contribution in [1.82, 2.24) is 19.6 Å². The minimum absolute atomic E-state index is 0.0202. The first kappa shape index (κ1) is 22.3. The predicted octanol–water partition coefficient (Wildman–Crippen LogP) is 3.95. The average Bonchev–Trinajstić information content (AvgIpc) is 3.32. The summed E-state index contributed by atoms with van der Waals surface area (Å²) in [6, 6.07) is 24.4. The van der Waals surface area contributed by atoms with Crippen LogP contribution in [0.1, 0.15) is 18.4 Å². The third kappa shape index (κ3) is 4.60. The third-order valence-electron chi connectivity index (χ3n) is 6.27. The SMILES string of the molecule is O=C(NCc1ccccc1)C1CCN(S(=O)(=O)c2ccc3nc(-c4ccccc4)[nH]c3c2)CC1. The zero-order valence-corrected chi connectivity index (χ0v) is 19.5. The second-order valence-electron chi connectivity index (χ2n) is 8.51. The number of fused-ring (bicyclic) bond motifs is 1. The Hall–Kier alpha value is -3.49. The molecule has 0 unspecified atom stereocenters. The third-order valence-corrected chi connectivity index (χ3v) is 8.17. The second kappa shape index (κ2) is 9.40. The number of piperidine rings is 1. The molecule has 8 heteroatoms. The summed E-state index contributed by atoms with van der Waals surface area (Å²) in [5.74, 6) is 0.499. The quantitative estimate of drug-likeness (QED) is 0.442. The molecule has 2 heterocycles. The lowest BCUT2D eigenvalue weighted by molar-refractivity contribution is -0.126. The highest BCUT2D eigenvalue weighted by Gasteiger charge is 2.32. The zero-order chi connectivity index (χ0) is 23.5. The number of carbonyl (C=O) groups is 1. The molecule has 174 valence electrons. The molecule has 1 aromatic heterocycles. The van der Waals surface area contributed by atoms with E-state index in [1.54, 1.807) is 18.2 Å². The maximum Gasteiger partial charge on any atom is 0.243 e. The average molecular weight is 475 g/mol. The minimum atomic E-state index is -3.66. The van der Waals surface area contributed by atoms with Gasteiger partial charge in [0.15, 0.2) is 0 Å². The van der Waals surface area contributed by atoms with Gasteiger partial charge in [-0.3, -0.25) is 4.79 Å². The molecule has 0 aliphatic carbocycles. The molecule has 0 bridgehead atoms. The summed E-state index contributed by atoms with van der Waals surface area (Å²) in [4.78, 5) is 20.6. The van der Waals surface area contributed by atoms with Gasteiger partial charge in [-0.2, -0.15) is 4.31 Å². The van der Waals surface area contributed by atoms with Gasteiger partial charge in [-0.25, -0.2) is 13.4 Å². The fourth-order valence-electron chi connectivity index (χ4n) is 4.32. The maximum absolute atomic E-state index is 13.3. The number of aromatic amines is 1. The van der Waals surface area contributed by atoms with Crippen LogP contribution in [0.5, 0.6) is 0 Å². The van der Waals surface area contributed by atoms with Gasteiger partial charge in [-0.15, -0.1) is 0 Å². The molecule has 1 amide bonds. The monoisotopic (exact) mass is 474 g/mol. The van der Waals surface area contributed by atoms with Crippen molar-refractivity contribution in [2.75, 3.05) is 13.1 Å². The maximum atomic E-state index is 13.3. The number of H-pyrrole nitrogens is 1. The number of sulfonamides is 1. The van der Waals surface area contributed by atoms with Crippen molar-refractivity contribution in [3.8, 4) is 11.4 Å². The van der Waals surface area contributed by atoms with Crippen LogP contribution in [0.4, 0.5) is 0 Å². The number of aromatic nitrogens is 2. The van der Waals surface area contributed by atoms with Crippen molar-refractivity contribution in [2.45, 2.75) is 24.3 Å². The number of hydrogen-bond acceptors (Lipinski definition) is 4. The van der Waals surface area contributed by atoms with E-state index in [0.717, 1.165) is 11.1 Å². The minimum Gasteiger partial charge on any atom is -0.352 e. The molecule has 1 fully saturated rings. The Balaban J connectivity index is 1.25. The van der Waals surface area contributed by atoms with Crippen LogP contribution in [0.3, 0.4) is 0 Å². The van der Waals surface area contributed by atoms with Crippen molar-refractivity contribution in [1.29, 1.82) is 0 Å². The first-order chi connectivity index (χ1) is 16.5. The molecular weight excluding hydrogens is 448 g/mol. The van der Waals surface area contributed by atoms with E-state index in [9.17, 15) is 13.2 Å². The molecule has 1 aliphatic rings. The Morgan fingerprint density at radius 3 is 2.35 bits per heavy atom. The van der Waals surface area contributed by atoms with E-state index in [2.05, 4.69) is 15.3 Å². The first-order valence-corrected chi connectivity index (χ1v) is 12.8. The normalized spacial score (nSPS) is 15.4. The zero-order valence-electron chi connectivity index (χ0n) is 18.6. The topological polar surface area (TPSA) is 95.2 Å². The van der Waals surface area contributed by atoms with Crippen LogP contribution in [0, 0.1) is 5.92 Å². The summed E-state index contributed by atoms with van der Waals surface area (Å²) in [7, 11) is -3.66. The Morgan fingerprint density at radius 2 is 1.65 bits per heavy atom. The number of amides is 1. The van der Waals surface area contributed by atoms with Gasteiger partial charge >= 0.3 is 0 Å². The molecule has 7 nitrogen and oxygen atoms in total. The van der Waals surface area contributed by atoms with E-state index in [-0.39, 0.29) is 16.7 Å². The van der Waals surface area contributed by atoms with Crippen LogP contribution < -0.4 is 5.32 Å². The number of rotatable bonds is 6. The molecule has 0 radical (unpaired) electrons. The fourth-order valence-corrected chi connectivity index (χ4v) is 5.82. The van der Waals surface area contributed by atoms with Gasteiger partial charge in [-0.1, -0.05) is 60.7 Å². The van der Waals surface area contributed by atoms with E-state index in [0.29, 0.717) is 49.3 Å². The van der Waals surface area contributed by atoms with E-state index < -0.39 is 10.0 Å². The van der Waals surface area contributed by atoms with Crippen LogP contribution in [-0.4, -0.2) is 41.7 Å². The Labute approximate surface area is 198 Å². The molecular formula is C26H26N4O3S. The Bertz CT molecular complexity index is 1390. The summed E-state index contributed by atoms with van der Waals surface area (Å²) >= 11 is 0. The van der Waals surface area contributed by atoms with Crippen LogP contribution in [0.25, 0.3) is 22.4 Å². The summed E-state index contributed by atoms with van der Waals surface area (Å²) < 4.78 is 28.0. The molecule has 1 saturated heterocycles. The Kier molecular flexibility index (Phi) is 6.17. The predicted molar refractivity (Wildman–Crippen MR) is 131 cm³/mol. The molecule has 1 aliphatic heterocycles. The summed E-state index contributed by atoms with van der Waals surface area (Å²) in [5, 5.41) is 2.97.